The van der Waals surface area contributed by atoms with Crippen LogP contribution in [-0.4, -0.2) is 47.2 Å². The summed E-state index contributed by atoms with van der Waals surface area (Å²) in [5.74, 6) is -1.12. The summed E-state index contributed by atoms with van der Waals surface area (Å²) in [6, 6.07) is 3.23. The van der Waals surface area contributed by atoms with Crippen molar-refractivity contribution in [3.63, 3.8) is 0 Å². The number of carbonyl (C=O) groups is 3. The second-order valence-electron chi connectivity index (χ2n) is 4.70. The molecule has 1 aromatic heterocycles. The molecule has 2 N–H and O–H groups in total. The van der Waals surface area contributed by atoms with Crippen LogP contribution in [0.4, 0.5) is 5.82 Å². The molecule has 21 heavy (non-hydrogen) atoms. The molecule has 0 spiro atoms. The van der Waals surface area contributed by atoms with Crippen LogP contribution < -0.4 is 10.6 Å². The van der Waals surface area contributed by atoms with Gasteiger partial charge in [0.05, 0.1) is 0 Å². The first-order valence-electron chi connectivity index (χ1n) is 6.51. The van der Waals surface area contributed by atoms with Crippen molar-refractivity contribution >= 4 is 40.0 Å². The standard InChI is InChI=1S/C13H15BrN4O3/c14-9-1-2-11(15-7-9)17-13(21)12(20)16-10-3-5-18(8-19)6-4-10/h1-2,7-8,10H,3-6H2,(H,16,20)(H,15,17,21). The zero-order valence-electron chi connectivity index (χ0n) is 11.2. The predicted molar refractivity (Wildman–Crippen MR) is 79.4 cm³/mol. The second-order valence-corrected chi connectivity index (χ2v) is 5.62. The molecule has 1 saturated heterocycles. The maximum Gasteiger partial charge on any atom is 0.314 e. The van der Waals surface area contributed by atoms with E-state index in [-0.39, 0.29) is 6.04 Å². The van der Waals surface area contributed by atoms with E-state index in [4.69, 9.17) is 0 Å². The Morgan fingerprint density at radius 3 is 2.57 bits per heavy atom. The highest BCUT2D eigenvalue weighted by molar-refractivity contribution is 9.10. The largest absolute Gasteiger partial charge is 0.345 e. The molecule has 2 rings (SSSR count). The zero-order chi connectivity index (χ0) is 15.2. The number of hydrogen-bond donors (Lipinski definition) is 2. The van der Waals surface area contributed by atoms with Crippen molar-refractivity contribution in [1.29, 1.82) is 0 Å². The SMILES string of the molecule is O=CN1CCC(NC(=O)C(=O)Nc2ccc(Br)cn2)CC1. The van der Waals surface area contributed by atoms with E-state index in [0.29, 0.717) is 31.7 Å². The Kier molecular flexibility index (Phi) is 5.26. The summed E-state index contributed by atoms with van der Waals surface area (Å²) in [5, 5.41) is 5.09. The molecule has 1 aliphatic heterocycles. The molecule has 0 saturated carbocycles. The van der Waals surface area contributed by atoms with Crippen LogP contribution in [0.5, 0.6) is 0 Å². The van der Waals surface area contributed by atoms with Crippen LogP contribution in [0.25, 0.3) is 0 Å². The van der Waals surface area contributed by atoms with Crippen molar-refractivity contribution in [1.82, 2.24) is 15.2 Å². The van der Waals surface area contributed by atoms with Gasteiger partial charge in [0.2, 0.25) is 6.41 Å². The van der Waals surface area contributed by atoms with Crippen LogP contribution >= 0.6 is 15.9 Å². The average molecular weight is 355 g/mol. The number of halogens is 1. The Bertz CT molecular complexity index is 527. The van der Waals surface area contributed by atoms with Crippen LogP contribution in [0, 0.1) is 0 Å². The molecule has 8 heteroatoms. The minimum atomic E-state index is -0.748. The van der Waals surface area contributed by atoms with E-state index in [2.05, 4.69) is 31.5 Å². The van der Waals surface area contributed by atoms with Gasteiger partial charge in [0.1, 0.15) is 5.82 Å². The van der Waals surface area contributed by atoms with Gasteiger partial charge in [-0.1, -0.05) is 0 Å². The average Bonchev–Trinajstić information content (AvgIpc) is 2.50. The maximum atomic E-state index is 11.8. The molecule has 0 radical (unpaired) electrons. The first kappa shape index (κ1) is 15.4. The lowest BCUT2D eigenvalue weighted by Crippen LogP contribution is -2.47. The van der Waals surface area contributed by atoms with E-state index in [1.54, 1.807) is 17.0 Å². The van der Waals surface area contributed by atoms with Crippen LogP contribution in [0.15, 0.2) is 22.8 Å². The van der Waals surface area contributed by atoms with Crippen molar-refractivity contribution in [2.75, 3.05) is 18.4 Å². The Morgan fingerprint density at radius 2 is 2.00 bits per heavy atom. The third-order valence-corrected chi connectivity index (χ3v) is 3.66. The summed E-state index contributed by atoms with van der Waals surface area (Å²) >= 11 is 3.23. The van der Waals surface area contributed by atoms with Gasteiger partial charge in [-0.2, -0.15) is 0 Å². The molecule has 0 unspecified atom stereocenters. The quantitative estimate of drug-likeness (QED) is 0.611. The molecular weight excluding hydrogens is 340 g/mol. The highest BCUT2D eigenvalue weighted by Gasteiger charge is 2.22. The van der Waals surface area contributed by atoms with Crippen molar-refractivity contribution < 1.29 is 14.4 Å². The number of likely N-dealkylation sites (tertiary alicyclic amines) is 1. The van der Waals surface area contributed by atoms with Gasteiger partial charge in [0, 0.05) is 29.8 Å². The number of aromatic nitrogens is 1. The number of rotatable bonds is 3. The number of carbonyl (C=O) groups excluding carboxylic acids is 3. The number of nitrogens with one attached hydrogen (secondary N) is 2. The van der Waals surface area contributed by atoms with E-state index in [1.807, 2.05) is 0 Å². The minimum absolute atomic E-state index is 0.0858. The molecule has 0 aromatic carbocycles. The molecule has 112 valence electrons. The van der Waals surface area contributed by atoms with Crippen molar-refractivity contribution in [3.05, 3.63) is 22.8 Å². The molecule has 0 atom stereocenters. The number of hydrogen-bond acceptors (Lipinski definition) is 4. The fraction of sp³-hybridized carbons (Fsp3) is 0.385. The van der Waals surface area contributed by atoms with Gasteiger partial charge in [-0.3, -0.25) is 14.4 Å². The molecule has 0 bridgehead atoms. The minimum Gasteiger partial charge on any atom is -0.345 e. The molecule has 0 aliphatic carbocycles. The van der Waals surface area contributed by atoms with Gasteiger partial charge in [-0.25, -0.2) is 4.98 Å². The lowest BCUT2D eigenvalue weighted by molar-refractivity contribution is -0.136. The molecule has 1 aromatic rings. The van der Waals surface area contributed by atoms with E-state index < -0.39 is 11.8 Å². The first-order valence-corrected chi connectivity index (χ1v) is 7.30. The van der Waals surface area contributed by atoms with Crippen molar-refractivity contribution in [2.24, 2.45) is 0 Å². The zero-order valence-corrected chi connectivity index (χ0v) is 12.8. The molecule has 2 heterocycles. The number of nitrogens with zero attached hydrogens (tertiary/aromatic N) is 2. The van der Waals surface area contributed by atoms with E-state index >= 15 is 0 Å². The Labute approximate surface area is 130 Å². The number of piperidine rings is 1. The van der Waals surface area contributed by atoms with Crippen LogP contribution in [0.2, 0.25) is 0 Å². The summed E-state index contributed by atoms with van der Waals surface area (Å²) in [6.07, 6.45) is 3.62. The molecule has 1 aliphatic rings. The second kappa shape index (κ2) is 7.16. The topological polar surface area (TPSA) is 91.4 Å². The lowest BCUT2D eigenvalue weighted by Gasteiger charge is -2.29. The smallest absolute Gasteiger partial charge is 0.314 e. The molecule has 3 amide bonds. The Hall–Kier alpha value is -1.96. The van der Waals surface area contributed by atoms with E-state index in [9.17, 15) is 14.4 Å². The van der Waals surface area contributed by atoms with Crippen LogP contribution in [-0.2, 0) is 14.4 Å². The maximum absolute atomic E-state index is 11.8. The third kappa shape index (κ3) is 4.52. The van der Waals surface area contributed by atoms with Crippen LogP contribution in [0.1, 0.15) is 12.8 Å². The Balaban J connectivity index is 1.81. The number of pyridine rings is 1. The van der Waals surface area contributed by atoms with E-state index in [0.717, 1.165) is 10.9 Å². The molecule has 1 fully saturated rings. The Morgan fingerprint density at radius 1 is 1.29 bits per heavy atom. The summed E-state index contributed by atoms with van der Waals surface area (Å²) in [6.45, 7) is 1.18. The van der Waals surface area contributed by atoms with Gasteiger partial charge >= 0.3 is 11.8 Å². The summed E-state index contributed by atoms with van der Waals surface area (Å²) in [5.41, 5.74) is 0. The molecule has 7 nitrogen and oxygen atoms in total. The lowest BCUT2D eigenvalue weighted by atomic mass is 10.1. The van der Waals surface area contributed by atoms with Gasteiger partial charge in [-0.05, 0) is 40.9 Å². The van der Waals surface area contributed by atoms with Gasteiger partial charge in [-0.15, -0.1) is 0 Å². The normalized spacial score (nSPS) is 15.4. The number of anilines is 1. The van der Waals surface area contributed by atoms with Crippen molar-refractivity contribution in [3.8, 4) is 0 Å². The fourth-order valence-electron chi connectivity index (χ4n) is 2.02. The monoisotopic (exact) mass is 354 g/mol. The third-order valence-electron chi connectivity index (χ3n) is 3.19. The highest BCUT2D eigenvalue weighted by atomic mass is 79.9. The van der Waals surface area contributed by atoms with Crippen molar-refractivity contribution in [2.45, 2.75) is 18.9 Å². The van der Waals surface area contributed by atoms with Gasteiger partial charge in [0.25, 0.3) is 0 Å². The highest BCUT2D eigenvalue weighted by Crippen LogP contribution is 2.11. The summed E-state index contributed by atoms with van der Waals surface area (Å²) in [7, 11) is 0. The van der Waals surface area contributed by atoms with Crippen LogP contribution in [0.3, 0.4) is 0 Å². The fourth-order valence-corrected chi connectivity index (χ4v) is 2.26. The summed E-state index contributed by atoms with van der Waals surface area (Å²) < 4.78 is 0.784. The van der Waals surface area contributed by atoms with Gasteiger partial charge < -0.3 is 15.5 Å². The van der Waals surface area contributed by atoms with Gasteiger partial charge in [0.15, 0.2) is 0 Å². The predicted octanol–water partition coefficient (Wildman–Crippen LogP) is 0.520. The summed E-state index contributed by atoms with van der Waals surface area (Å²) in [4.78, 5) is 39.7. The number of amides is 3. The molecular formula is C13H15BrN4O3. The van der Waals surface area contributed by atoms with E-state index in [1.165, 1.54) is 6.20 Å². The first-order chi connectivity index (χ1) is 10.1.